The van der Waals surface area contributed by atoms with Crippen molar-refractivity contribution in [3.63, 3.8) is 0 Å². The van der Waals surface area contributed by atoms with Crippen LogP contribution in [0.25, 0.3) is 0 Å². The molecule has 24 heavy (non-hydrogen) atoms. The van der Waals surface area contributed by atoms with Gasteiger partial charge in [-0.05, 0) is 30.7 Å². The Morgan fingerprint density at radius 2 is 1.58 bits per heavy atom. The Balaban J connectivity index is 2.00. The summed E-state index contributed by atoms with van der Waals surface area (Å²) >= 11 is 0. The number of benzene rings is 2. The second-order valence-electron chi connectivity index (χ2n) is 5.15. The molecular formula is C18H20N2O4. The molecule has 0 aliphatic carbocycles. The van der Waals surface area contributed by atoms with Crippen LogP contribution in [-0.2, 0) is 9.59 Å². The molecule has 0 saturated carbocycles. The van der Waals surface area contributed by atoms with Crippen LogP contribution in [0.2, 0.25) is 0 Å². The monoisotopic (exact) mass is 328 g/mol. The van der Waals surface area contributed by atoms with Crippen molar-refractivity contribution in [1.29, 1.82) is 0 Å². The van der Waals surface area contributed by atoms with E-state index in [-0.39, 0.29) is 12.3 Å². The molecule has 2 aromatic rings. The van der Waals surface area contributed by atoms with Crippen molar-refractivity contribution in [3.05, 3.63) is 48.0 Å². The molecule has 2 N–H and O–H groups in total. The highest BCUT2D eigenvalue weighted by molar-refractivity contribution is 6.08. The van der Waals surface area contributed by atoms with Crippen molar-refractivity contribution in [1.82, 2.24) is 0 Å². The molecule has 6 nitrogen and oxygen atoms in total. The molecule has 2 aromatic carbocycles. The van der Waals surface area contributed by atoms with E-state index in [1.54, 1.807) is 24.3 Å². The summed E-state index contributed by atoms with van der Waals surface area (Å²) in [6.45, 7) is 1.89. The first kappa shape index (κ1) is 17.3. The maximum absolute atomic E-state index is 12.1. The highest BCUT2D eigenvalue weighted by Crippen LogP contribution is 2.29. The van der Waals surface area contributed by atoms with Gasteiger partial charge in [-0.25, -0.2) is 0 Å². The van der Waals surface area contributed by atoms with Gasteiger partial charge in [0, 0.05) is 11.8 Å². The third kappa shape index (κ3) is 4.49. The molecule has 6 heteroatoms. The van der Waals surface area contributed by atoms with Crippen LogP contribution in [0.4, 0.5) is 11.4 Å². The number of aryl methyl sites for hydroxylation is 1. The van der Waals surface area contributed by atoms with E-state index in [0.29, 0.717) is 22.9 Å². The van der Waals surface area contributed by atoms with Gasteiger partial charge in [0.05, 0.1) is 19.9 Å². The predicted molar refractivity (Wildman–Crippen MR) is 92.6 cm³/mol. The van der Waals surface area contributed by atoms with Crippen LogP contribution >= 0.6 is 0 Å². The van der Waals surface area contributed by atoms with Crippen LogP contribution in [0.5, 0.6) is 11.5 Å². The van der Waals surface area contributed by atoms with E-state index >= 15 is 0 Å². The molecule has 126 valence electrons. The average molecular weight is 328 g/mol. The molecule has 0 saturated heterocycles. The minimum Gasteiger partial charge on any atom is -0.497 e. The van der Waals surface area contributed by atoms with E-state index < -0.39 is 5.91 Å². The van der Waals surface area contributed by atoms with Crippen molar-refractivity contribution < 1.29 is 19.1 Å². The highest BCUT2D eigenvalue weighted by atomic mass is 16.5. The van der Waals surface area contributed by atoms with E-state index in [2.05, 4.69) is 10.6 Å². The first-order chi connectivity index (χ1) is 11.5. The summed E-state index contributed by atoms with van der Waals surface area (Å²) in [5.74, 6) is 0.246. The summed E-state index contributed by atoms with van der Waals surface area (Å²) in [4.78, 5) is 24.1. The predicted octanol–water partition coefficient (Wildman–Crippen LogP) is 2.98. The van der Waals surface area contributed by atoms with Gasteiger partial charge in [-0.2, -0.15) is 0 Å². The van der Waals surface area contributed by atoms with Gasteiger partial charge in [0.25, 0.3) is 0 Å². The van der Waals surface area contributed by atoms with E-state index in [4.69, 9.17) is 9.47 Å². The van der Waals surface area contributed by atoms with Gasteiger partial charge in [-0.15, -0.1) is 0 Å². The quantitative estimate of drug-likeness (QED) is 0.799. The minimum atomic E-state index is -0.437. The summed E-state index contributed by atoms with van der Waals surface area (Å²) in [6.07, 6.45) is -0.297. The van der Waals surface area contributed by atoms with Crippen LogP contribution in [0.15, 0.2) is 42.5 Å². The second-order valence-corrected chi connectivity index (χ2v) is 5.15. The first-order valence-corrected chi connectivity index (χ1v) is 7.41. The lowest BCUT2D eigenvalue weighted by atomic mass is 10.2. The topological polar surface area (TPSA) is 76.7 Å². The Morgan fingerprint density at radius 3 is 2.21 bits per heavy atom. The third-order valence-corrected chi connectivity index (χ3v) is 3.42. The fourth-order valence-corrected chi connectivity index (χ4v) is 2.16. The van der Waals surface area contributed by atoms with Gasteiger partial charge in [-0.3, -0.25) is 9.59 Å². The molecule has 0 bridgehead atoms. The number of hydrogen-bond donors (Lipinski definition) is 2. The molecule has 0 radical (unpaired) electrons. The Hall–Kier alpha value is -3.02. The summed E-state index contributed by atoms with van der Waals surface area (Å²) in [5.41, 5.74) is 2.07. The van der Waals surface area contributed by atoms with Crippen molar-refractivity contribution in [2.75, 3.05) is 24.9 Å². The summed E-state index contributed by atoms with van der Waals surface area (Å²) < 4.78 is 10.3. The second kappa shape index (κ2) is 8.01. The maximum Gasteiger partial charge on any atom is 0.233 e. The fourth-order valence-electron chi connectivity index (χ4n) is 2.16. The number of carbonyl (C=O) groups excluding carboxylic acids is 2. The Morgan fingerprint density at radius 1 is 0.917 bits per heavy atom. The van der Waals surface area contributed by atoms with Crippen molar-refractivity contribution >= 4 is 23.2 Å². The molecule has 0 fully saturated rings. The number of nitrogens with one attached hydrogen (secondary N) is 2. The van der Waals surface area contributed by atoms with Crippen LogP contribution in [-0.4, -0.2) is 26.0 Å². The lowest BCUT2D eigenvalue weighted by molar-refractivity contribution is -0.123. The van der Waals surface area contributed by atoms with Crippen LogP contribution in [0.3, 0.4) is 0 Å². The number of ether oxygens (including phenoxy) is 2. The van der Waals surface area contributed by atoms with Crippen molar-refractivity contribution in [2.24, 2.45) is 0 Å². The number of rotatable bonds is 6. The van der Waals surface area contributed by atoms with Gasteiger partial charge >= 0.3 is 0 Å². The molecule has 2 amide bonds. The fraction of sp³-hybridized carbons (Fsp3) is 0.222. The first-order valence-electron chi connectivity index (χ1n) is 7.41. The van der Waals surface area contributed by atoms with Gasteiger partial charge in [-0.1, -0.05) is 18.2 Å². The smallest absolute Gasteiger partial charge is 0.233 e. The molecule has 0 heterocycles. The number of hydrogen-bond acceptors (Lipinski definition) is 4. The zero-order valence-electron chi connectivity index (χ0n) is 13.9. The summed E-state index contributed by atoms with van der Waals surface area (Å²) in [5, 5.41) is 5.39. The molecule has 0 aliphatic heterocycles. The normalized spacial score (nSPS) is 9.96. The van der Waals surface area contributed by atoms with E-state index in [1.807, 2.05) is 25.1 Å². The number of para-hydroxylation sites is 1. The Bertz CT molecular complexity index is 744. The van der Waals surface area contributed by atoms with Gasteiger partial charge in [0.1, 0.15) is 17.9 Å². The van der Waals surface area contributed by atoms with Crippen LogP contribution < -0.4 is 20.1 Å². The van der Waals surface area contributed by atoms with Crippen molar-refractivity contribution in [2.45, 2.75) is 13.3 Å². The molecular weight excluding hydrogens is 308 g/mol. The number of amides is 2. The molecule has 0 spiro atoms. The van der Waals surface area contributed by atoms with Gasteiger partial charge < -0.3 is 20.1 Å². The molecule has 2 rings (SSSR count). The van der Waals surface area contributed by atoms with Crippen LogP contribution in [0.1, 0.15) is 12.0 Å². The Labute approximate surface area is 140 Å². The molecule has 0 aliphatic rings. The lowest BCUT2D eigenvalue weighted by Gasteiger charge is -2.12. The van der Waals surface area contributed by atoms with E-state index in [0.717, 1.165) is 5.56 Å². The molecule has 0 atom stereocenters. The molecule has 0 aromatic heterocycles. The van der Waals surface area contributed by atoms with E-state index in [9.17, 15) is 9.59 Å². The van der Waals surface area contributed by atoms with E-state index in [1.165, 1.54) is 14.2 Å². The zero-order valence-corrected chi connectivity index (χ0v) is 13.9. The number of anilines is 2. The lowest BCUT2D eigenvalue weighted by Crippen LogP contribution is -2.22. The van der Waals surface area contributed by atoms with Crippen molar-refractivity contribution in [3.8, 4) is 11.5 Å². The zero-order chi connectivity index (χ0) is 17.5. The molecule has 0 unspecified atom stereocenters. The summed E-state index contributed by atoms with van der Waals surface area (Å²) in [7, 11) is 3.03. The maximum atomic E-state index is 12.1. The highest BCUT2D eigenvalue weighted by Gasteiger charge is 2.13. The van der Waals surface area contributed by atoms with Gasteiger partial charge in [0.2, 0.25) is 11.8 Å². The van der Waals surface area contributed by atoms with Gasteiger partial charge in [0.15, 0.2) is 0 Å². The average Bonchev–Trinajstić information content (AvgIpc) is 2.56. The standard InChI is InChI=1S/C18H20N2O4/c1-12-6-4-5-7-14(12)19-17(21)11-18(22)20-15-10-13(23-2)8-9-16(15)24-3/h4-10H,11H2,1-3H3,(H,19,21)(H,20,22). The number of carbonyl (C=O) groups is 2. The summed E-state index contributed by atoms with van der Waals surface area (Å²) in [6, 6.07) is 12.4. The Kier molecular flexibility index (Phi) is 5.78. The SMILES string of the molecule is COc1ccc(OC)c(NC(=O)CC(=O)Nc2ccccc2C)c1. The largest absolute Gasteiger partial charge is 0.497 e. The third-order valence-electron chi connectivity index (χ3n) is 3.42. The minimum absolute atomic E-state index is 0.297. The number of methoxy groups -OCH3 is 2. The van der Waals surface area contributed by atoms with Crippen LogP contribution in [0, 0.1) is 6.92 Å².